The zero-order valence-corrected chi connectivity index (χ0v) is 17.9. The maximum absolute atomic E-state index is 12.5. The van der Waals surface area contributed by atoms with E-state index in [-0.39, 0.29) is 12.3 Å². The molecule has 0 spiro atoms. The smallest absolute Gasteiger partial charge is 0.230 e. The van der Waals surface area contributed by atoms with Crippen molar-refractivity contribution in [1.82, 2.24) is 9.55 Å². The molecule has 152 valence electrons. The molecule has 0 aliphatic carbocycles. The first-order valence-corrected chi connectivity index (χ1v) is 10.1. The monoisotopic (exact) mass is 411 g/mol. The van der Waals surface area contributed by atoms with E-state index in [0.717, 1.165) is 34.8 Å². The number of rotatable bonds is 8. The lowest BCUT2D eigenvalue weighted by Crippen LogP contribution is -2.14. The summed E-state index contributed by atoms with van der Waals surface area (Å²) in [5.74, 6) is 1.16. The minimum atomic E-state index is -0.147. The first-order valence-electron chi connectivity index (χ1n) is 9.21. The molecule has 0 radical (unpaired) electrons. The van der Waals surface area contributed by atoms with Crippen LogP contribution in [0.1, 0.15) is 17.0 Å². The zero-order valence-electron chi connectivity index (χ0n) is 17.1. The van der Waals surface area contributed by atoms with Gasteiger partial charge in [0.15, 0.2) is 5.13 Å². The molecule has 29 heavy (non-hydrogen) atoms. The highest BCUT2D eigenvalue weighted by atomic mass is 32.1. The summed E-state index contributed by atoms with van der Waals surface area (Å²) >= 11 is 1.41. The van der Waals surface area contributed by atoms with E-state index in [4.69, 9.17) is 9.47 Å². The maximum atomic E-state index is 12.5. The van der Waals surface area contributed by atoms with Crippen LogP contribution in [-0.2, 0) is 17.8 Å². The number of carbonyl (C=O) groups is 1. The van der Waals surface area contributed by atoms with Gasteiger partial charge in [-0.15, -0.1) is 17.9 Å². The van der Waals surface area contributed by atoms with Crippen LogP contribution in [0.5, 0.6) is 11.5 Å². The minimum absolute atomic E-state index is 0.147. The number of benzene rings is 1. The number of ether oxygens (including phenoxy) is 2. The summed E-state index contributed by atoms with van der Waals surface area (Å²) in [4.78, 5) is 17.1. The van der Waals surface area contributed by atoms with Gasteiger partial charge in [0.25, 0.3) is 0 Å². The number of anilines is 1. The Morgan fingerprint density at radius 1 is 1.28 bits per heavy atom. The molecule has 6 nitrogen and oxygen atoms in total. The topological polar surface area (TPSA) is 65.4 Å². The number of allylic oxidation sites excluding steroid dienone is 1. The summed E-state index contributed by atoms with van der Waals surface area (Å²) in [5.41, 5.74) is 5.00. The van der Waals surface area contributed by atoms with Gasteiger partial charge in [0.1, 0.15) is 11.5 Å². The Hall–Kier alpha value is -3.06. The van der Waals surface area contributed by atoms with Crippen molar-refractivity contribution in [2.75, 3.05) is 19.5 Å². The van der Waals surface area contributed by atoms with Crippen molar-refractivity contribution in [3.63, 3.8) is 0 Å². The van der Waals surface area contributed by atoms with Crippen molar-refractivity contribution in [2.24, 2.45) is 0 Å². The van der Waals surface area contributed by atoms with Crippen LogP contribution in [0.3, 0.4) is 0 Å². The van der Waals surface area contributed by atoms with Crippen molar-refractivity contribution in [3.05, 3.63) is 59.3 Å². The fourth-order valence-corrected chi connectivity index (χ4v) is 3.99. The molecule has 0 bridgehead atoms. The molecular formula is C22H25N3O3S. The fourth-order valence-electron chi connectivity index (χ4n) is 3.26. The zero-order chi connectivity index (χ0) is 21.0. The summed E-state index contributed by atoms with van der Waals surface area (Å²) in [6.45, 7) is 8.71. The van der Waals surface area contributed by atoms with Crippen molar-refractivity contribution in [3.8, 4) is 22.8 Å². The molecular weight excluding hydrogens is 386 g/mol. The highest BCUT2D eigenvalue weighted by molar-refractivity contribution is 7.14. The van der Waals surface area contributed by atoms with Crippen molar-refractivity contribution in [1.29, 1.82) is 0 Å². The van der Waals surface area contributed by atoms with Gasteiger partial charge in [-0.25, -0.2) is 4.98 Å². The molecule has 1 amide bonds. The van der Waals surface area contributed by atoms with Crippen LogP contribution in [0.4, 0.5) is 5.13 Å². The average molecular weight is 412 g/mol. The van der Waals surface area contributed by atoms with Crippen LogP contribution in [-0.4, -0.2) is 29.7 Å². The largest absolute Gasteiger partial charge is 0.497 e. The van der Waals surface area contributed by atoms with Crippen LogP contribution < -0.4 is 14.8 Å². The fraction of sp³-hybridized carbons (Fsp3) is 0.273. The van der Waals surface area contributed by atoms with Crippen molar-refractivity contribution < 1.29 is 14.3 Å². The number of carbonyl (C=O) groups excluding carboxylic acids is 1. The molecule has 0 aliphatic rings. The minimum Gasteiger partial charge on any atom is -0.497 e. The molecule has 3 rings (SSSR count). The van der Waals surface area contributed by atoms with E-state index in [2.05, 4.69) is 41.4 Å². The van der Waals surface area contributed by atoms with Crippen molar-refractivity contribution in [2.45, 2.75) is 26.8 Å². The van der Waals surface area contributed by atoms with Crippen LogP contribution >= 0.6 is 11.3 Å². The van der Waals surface area contributed by atoms with Crippen LogP contribution in [0.15, 0.2) is 42.3 Å². The molecule has 1 aromatic carbocycles. The molecule has 0 atom stereocenters. The lowest BCUT2D eigenvalue weighted by Gasteiger charge is -2.10. The predicted octanol–water partition coefficient (Wildman–Crippen LogP) is 4.61. The Morgan fingerprint density at radius 3 is 2.76 bits per heavy atom. The van der Waals surface area contributed by atoms with E-state index in [1.54, 1.807) is 20.3 Å². The van der Waals surface area contributed by atoms with E-state index in [1.165, 1.54) is 11.3 Å². The van der Waals surface area contributed by atoms with Gasteiger partial charge in [-0.3, -0.25) is 4.79 Å². The second kappa shape index (κ2) is 8.96. The Bertz CT molecular complexity index is 1040. The second-order valence-electron chi connectivity index (χ2n) is 6.62. The van der Waals surface area contributed by atoms with Crippen LogP contribution in [0.2, 0.25) is 0 Å². The molecule has 0 aliphatic heterocycles. The summed E-state index contributed by atoms with van der Waals surface area (Å²) in [5, 5.41) is 5.42. The molecule has 3 aromatic rings. The van der Waals surface area contributed by atoms with E-state index in [1.807, 2.05) is 23.6 Å². The quantitative estimate of drug-likeness (QED) is 0.550. The van der Waals surface area contributed by atoms with Crippen LogP contribution in [0, 0.1) is 13.8 Å². The normalized spacial score (nSPS) is 10.6. The molecule has 7 heteroatoms. The average Bonchev–Trinajstić information content (AvgIpc) is 3.27. The van der Waals surface area contributed by atoms with Gasteiger partial charge in [-0.1, -0.05) is 12.1 Å². The number of hydrogen-bond donors (Lipinski definition) is 1. The van der Waals surface area contributed by atoms with Gasteiger partial charge in [0.2, 0.25) is 5.91 Å². The molecule has 2 heterocycles. The molecule has 0 saturated carbocycles. The lowest BCUT2D eigenvalue weighted by atomic mass is 10.1. The summed E-state index contributed by atoms with van der Waals surface area (Å²) in [6.07, 6.45) is 2.07. The summed E-state index contributed by atoms with van der Waals surface area (Å²) in [6, 6.07) is 7.52. The van der Waals surface area contributed by atoms with Crippen molar-refractivity contribution >= 4 is 22.4 Å². The van der Waals surface area contributed by atoms with Gasteiger partial charge in [0, 0.05) is 40.5 Å². The number of hydrogen-bond acceptors (Lipinski definition) is 5. The molecule has 0 saturated heterocycles. The Kier molecular flexibility index (Phi) is 6.39. The Balaban J connectivity index is 1.73. The van der Waals surface area contributed by atoms with Gasteiger partial charge in [-0.05, 0) is 26.0 Å². The number of nitrogens with one attached hydrogen (secondary N) is 1. The summed E-state index contributed by atoms with van der Waals surface area (Å²) in [7, 11) is 3.17. The molecule has 1 N–H and O–H groups in total. The van der Waals surface area contributed by atoms with Crippen LogP contribution in [0.25, 0.3) is 11.3 Å². The molecule has 2 aromatic heterocycles. The highest BCUT2D eigenvalue weighted by Crippen LogP contribution is 2.30. The first-order chi connectivity index (χ1) is 14.0. The second-order valence-corrected chi connectivity index (χ2v) is 7.48. The van der Waals surface area contributed by atoms with Gasteiger partial charge < -0.3 is 19.4 Å². The number of thiazole rings is 1. The SMILES string of the molecule is C=CCn1c(C)cc(-c2csc(NC(=O)Cc3ccc(OC)cc3OC)n2)c1C. The highest BCUT2D eigenvalue weighted by Gasteiger charge is 2.15. The number of aromatic nitrogens is 2. The number of nitrogens with zero attached hydrogens (tertiary/aromatic N) is 2. The standard InChI is InChI=1S/C22H25N3O3S/c1-6-9-25-14(2)10-18(15(25)3)19-13-29-22(23-19)24-21(26)11-16-7-8-17(27-4)12-20(16)28-5/h6-8,10,12-13H,1,9,11H2,2-5H3,(H,23,24,26). The maximum Gasteiger partial charge on any atom is 0.230 e. The molecule has 0 unspecified atom stereocenters. The van der Waals surface area contributed by atoms with E-state index >= 15 is 0 Å². The molecule has 0 fully saturated rings. The number of methoxy groups -OCH3 is 2. The van der Waals surface area contributed by atoms with Gasteiger partial charge in [0.05, 0.1) is 26.3 Å². The van der Waals surface area contributed by atoms with E-state index in [9.17, 15) is 4.79 Å². The third-order valence-corrected chi connectivity index (χ3v) is 5.51. The Labute approximate surface area is 174 Å². The summed E-state index contributed by atoms with van der Waals surface area (Å²) < 4.78 is 12.8. The van der Waals surface area contributed by atoms with E-state index in [0.29, 0.717) is 16.6 Å². The number of amides is 1. The first kappa shape index (κ1) is 20.7. The van der Waals surface area contributed by atoms with Gasteiger partial charge in [-0.2, -0.15) is 0 Å². The predicted molar refractivity (Wildman–Crippen MR) is 117 cm³/mol. The van der Waals surface area contributed by atoms with E-state index < -0.39 is 0 Å². The Morgan fingerprint density at radius 2 is 2.07 bits per heavy atom. The third-order valence-electron chi connectivity index (χ3n) is 4.76. The van der Waals surface area contributed by atoms with Gasteiger partial charge >= 0.3 is 0 Å². The third kappa shape index (κ3) is 4.51. The number of aryl methyl sites for hydroxylation is 1. The lowest BCUT2D eigenvalue weighted by molar-refractivity contribution is -0.115.